The average Bonchev–Trinajstić information content (AvgIpc) is 2.35. The van der Waals surface area contributed by atoms with Crippen molar-refractivity contribution in [3.63, 3.8) is 0 Å². The van der Waals surface area contributed by atoms with E-state index in [0.717, 1.165) is 18.8 Å². The summed E-state index contributed by atoms with van der Waals surface area (Å²) in [6.07, 6.45) is 8.11. The van der Waals surface area contributed by atoms with Crippen molar-refractivity contribution in [2.45, 2.75) is 58.8 Å². The molecule has 2 nitrogen and oxygen atoms in total. The molecule has 0 heterocycles. The van der Waals surface area contributed by atoms with Gasteiger partial charge in [0.05, 0.1) is 0 Å². The van der Waals surface area contributed by atoms with Crippen LogP contribution >= 0.6 is 0 Å². The minimum absolute atomic E-state index is 0.217. The molecule has 0 radical (unpaired) electrons. The SMILES string of the molecule is CCCCC(C)CCCCc1c(O)cccc1O. The normalized spacial score (nSPS) is 12.6. The number of phenolic OH excluding ortho intramolecular Hbond substituents is 2. The molecule has 1 rings (SSSR count). The molecule has 0 aromatic heterocycles. The molecule has 1 aromatic carbocycles. The second kappa shape index (κ2) is 8.02. The van der Waals surface area contributed by atoms with Gasteiger partial charge in [0.1, 0.15) is 11.5 Å². The van der Waals surface area contributed by atoms with Gasteiger partial charge in [-0.05, 0) is 30.9 Å². The molecule has 0 aliphatic rings. The minimum atomic E-state index is 0.217. The van der Waals surface area contributed by atoms with Crippen LogP contribution in [0.4, 0.5) is 0 Å². The first-order chi connectivity index (χ1) is 8.65. The van der Waals surface area contributed by atoms with Crippen molar-refractivity contribution < 1.29 is 10.2 Å². The van der Waals surface area contributed by atoms with Crippen molar-refractivity contribution in [2.75, 3.05) is 0 Å². The van der Waals surface area contributed by atoms with E-state index in [1.165, 1.54) is 32.1 Å². The molecule has 0 saturated heterocycles. The molecule has 0 spiro atoms. The van der Waals surface area contributed by atoms with E-state index in [2.05, 4.69) is 13.8 Å². The predicted molar refractivity (Wildman–Crippen MR) is 76.0 cm³/mol. The van der Waals surface area contributed by atoms with Gasteiger partial charge in [-0.1, -0.05) is 52.0 Å². The van der Waals surface area contributed by atoms with Crippen LogP contribution in [-0.2, 0) is 6.42 Å². The maximum Gasteiger partial charge on any atom is 0.122 e. The van der Waals surface area contributed by atoms with E-state index in [1.807, 2.05) is 0 Å². The number of rotatable bonds is 8. The number of hydrogen-bond donors (Lipinski definition) is 2. The summed E-state index contributed by atoms with van der Waals surface area (Å²) in [4.78, 5) is 0. The summed E-state index contributed by atoms with van der Waals surface area (Å²) in [6, 6.07) is 4.94. The van der Waals surface area contributed by atoms with E-state index < -0.39 is 0 Å². The standard InChI is InChI=1S/C16H26O2/c1-3-4-8-13(2)9-5-6-10-14-15(17)11-7-12-16(14)18/h7,11-13,17-18H,3-6,8-10H2,1-2H3. The summed E-state index contributed by atoms with van der Waals surface area (Å²) in [5.41, 5.74) is 0.693. The van der Waals surface area contributed by atoms with E-state index >= 15 is 0 Å². The number of unbranched alkanes of at least 4 members (excludes halogenated alkanes) is 2. The quantitative estimate of drug-likeness (QED) is 0.660. The van der Waals surface area contributed by atoms with Gasteiger partial charge in [-0.2, -0.15) is 0 Å². The van der Waals surface area contributed by atoms with Crippen molar-refractivity contribution in [3.05, 3.63) is 23.8 Å². The Morgan fingerprint density at radius 3 is 2.22 bits per heavy atom. The van der Waals surface area contributed by atoms with Crippen molar-refractivity contribution in [2.24, 2.45) is 5.92 Å². The minimum Gasteiger partial charge on any atom is -0.508 e. The van der Waals surface area contributed by atoms with Crippen molar-refractivity contribution in [1.29, 1.82) is 0 Å². The van der Waals surface area contributed by atoms with E-state index in [-0.39, 0.29) is 11.5 Å². The smallest absolute Gasteiger partial charge is 0.122 e. The maximum atomic E-state index is 9.66. The molecule has 0 bridgehead atoms. The topological polar surface area (TPSA) is 40.5 Å². The maximum absolute atomic E-state index is 9.66. The van der Waals surface area contributed by atoms with Gasteiger partial charge in [-0.15, -0.1) is 0 Å². The number of benzene rings is 1. The number of hydrogen-bond acceptors (Lipinski definition) is 2. The van der Waals surface area contributed by atoms with Crippen molar-refractivity contribution in [1.82, 2.24) is 0 Å². The number of aromatic hydroxyl groups is 2. The first-order valence-corrected chi connectivity index (χ1v) is 7.15. The molecule has 0 saturated carbocycles. The van der Waals surface area contributed by atoms with Crippen molar-refractivity contribution >= 4 is 0 Å². The third-order valence-corrected chi connectivity index (χ3v) is 3.55. The van der Waals surface area contributed by atoms with Gasteiger partial charge in [-0.25, -0.2) is 0 Å². The fourth-order valence-electron chi connectivity index (χ4n) is 2.31. The van der Waals surface area contributed by atoms with Crippen LogP contribution in [0, 0.1) is 5.92 Å². The molecule has 1 unspecified atom stereocenters. The molecule has 2 N–H and O–H groups in total. The van der Waals surface area contributed by atoms with E-state index in [4.69, 9.17) is 0 Å². The highest BCUT2D eigenvalue weighted by Gasteiger charge is 2.07. The summed E-state index contributed by atoms with van der Waals surface area (Å²) in [5.74, 6) is 1.23. The van der Waals surface area contributed by atoms with Gasteiger partial charge < -0.3 is 10.2 Å². The van der Waals surface area contributed by atoms with Crippen LogP contribution in [0.3, 0.4) is 0 Å². The van der Waals surface area contributed by atoms with Gasteiger partial charge in [0.25, 0.3) is 0 Å². The molecule has 0 aliphatic carbocycles. The van der Waals surface area contributed by atoms with Crippen LogP contribution < -0.4 is 0 Å². The lowest BCUT2D eigenvalue weighted by atomic mass is 9.96. The van der Waals surface area contributed by atoms with Crippen molar-refractivity contribution in [3.8, 4) is 11.5 Å². The molecule has 2 heteroatoms. The van der Waals surface area contributed by atoms with Gasteiger partial charge in [0.15, 0.2) is 0 Å². The van der Waals surface area contributed by atoms with Crippen LogP contribution in [-0.4, -0.2) is 10.2 Å². The number of phenols is 2. The molecule has 102 valence electrons. The molecule has 1 atom stereocenters. The lowest BCUT2D eigenvalue weighted by Gasteiger charge is -2.11. The first-order valence-electron chi connectivity index (χ1n) is 7.15. The summed E-state index contributed by atoms with van der Waals surface area (Å²) < 4.78 is 0. The average molecular weight is 250 g/mol. The lowest BCUT2D eigenvalue weighted by Crippen LogP contribution is -1.95. The second-order valence-electron chi connectivity index (χ2n) is 5.27. The molecule has 1 aromatic rings. The fourth-order valence-corrected chi connectivity index (χ4v) is 2.31. The molecular weight excluding hydrogens is 224 g/mol. The van der Waals surface area contributed by atoms with Gasteiger partial charge in [0.2, 0.25) is 0 Å². The summed E-state index contributed by atoms with van der Waals surface area (Å²) >= 11 is 0. The van der Waals surface area contributed by atoms with Crippen LogP contribution in [0.2, 0.25) is 0 Å². The largest absolute Gasteiger partial charge is 0.508 e. The Labute approximate surface area is 111 Å². The Morgan fingerprint density at radius 2 is 1.61 bits per heavy atom. The molecular formula is C16H26O2. The van der Waals surface area contributed by atoms with Crippen LogP contribution in [0.25, 0.3) is 0 Å². The summed E-state index contributed by atoms with van der Waals surface area (Å²) in [5, 5.41) is 19.3. The highest BCUT2D eigenvalue weighted by atomic mass is 16.3. The third-order valence-electron chi connectivity index (χ3n) is 3.55. The summed E-state index contributed by atoms with van der Waals surface area (Å²) in [6.45, 7) is 4.54. The summed E-state index contributed by atoms with van der Waals surface area (Å²) in [7, 11) is 0. The molecule has 0 aliphatic heterocycles. The zero-order valence-corrected chi connectivity index (χ0v) is 11.7. The third kappa shape index (κ3) is 4.99. The molecule has 0 fully saturated rings. The highest BCUT2D eigenvalue weighted by molar-refractivity contribution is 5.42. The van der Waals surface area contributed by atoms with Crippen LogP contribution in [0.5, 0.6) is 11.5 Å². The zero-order chi connectivity index (χ0) is 13.4. The predicted octanol–water partition coefficient (Wildman–Crippen LogP) is 4.64. The van der Waals surface area contributed by atoms with Crippen LogP contribution in [0.1, 0.15) is 57.9 Å². The Kier molecular flexibility index (Phi) is 6.63. The zero-order valence-electron chi connectivity index (χ0n) is 11.7. The van der Waals surface area contributed by atoms with E-state index in [1.54, 1.807) is 18.2 Å². The Bertz CT molecular complexity index is 327. The van der Waals surface area contributed by atoms with Gasteiger partial charge >= 0.3 is 0 Å². The van der Waals surface area contributed by atoms with E-state index in [9.17, 15) is 10.2 Å². The lowest BCUT2D eigenvalue weighted by molar-refractivity contribution is 0.427. The Balaban J connectivity index is 2.25. The molecule has 18 heavy (non-hydrogen) atoms. The monoisotopic (exact) mass is 250 g/mol. The van der Waals surface area contributed by atoms with Gasteiger partial charge in [0, 0.05) is 5.56 Å². The Morgan fingerprint density at radius 1 is 1.00 bits per heavy atom. The van der Waals surface area contributed by atoms with Crippen LogP contribution in [0.15, 0.2) is 18.2 Å². The fraction of sp³-hybridized carbons (Fsp3) is 0.625. The Hall–Kier alpha value is -1.18. The second-order valence-corrected chi connectivity index (χ2v) is 5.27. The first kappa shape index (κ1) is 14.9. The molecule has 0 amide bonds. The highest BCUT2D eigenvalue weighted by Crippen LogP contribution is 2.28. The van der Waals surface area contributed by atoms with Gasteiger partial charge in [-0.3, -0.25) is 0 Å². The van der Waals surface area contributed by atoms with E-state index in [0.29, 0.717) is 5.56 Å².